The normalized spacial score (nSPS) is 16.1. The summed E-state index contributed by atoms with van der Waals surface area (Å²) in [6.45, 7) is 0.398. The Morgan fingerprint density at radius 3 is 2.40 bits per heavy atom. The number of aliphatic hydroxyl groups excluding tert-OH is 1. The number of hydrogen-bond donors (Lipinski definition) is 2. The van der Waals surface area contributed by atoms with Crippen LogP contribution in [0.2, 0.25) is 0 Å². The fourth-order valence-corrected chi connectivity index (χ4v) is 4.05. The average Bonchev–Trinajstić information content (AvgIpc) is 2.41. The Balaban J connectivity index is 2.23. The Hall–Kier alpha value is -1.11. The van der Waals surface area contributed by atoms with Gasteiger partial charge in [0.2, 0.25) is 10.0 Å². The molecule has 0 heterocycles. The molecule has 6 heteroatoms. The van der Waals surface area contributed by atoms with Crippen LogP contribution < -0.4 is 5.32 Å². The van der Waals surface area contributed by atoms with Crippen LogP contribution in [0.15, 0.2) is 29.2 Å². The molecule has 0 amide bonds. The highest BCUT2D eigenvalue weighted by Crippen LogP contribution is 2.30. The van der Waals surface area contributed by atoms with Crippen molar-refractivity contribution >= 4 is 15.7 Å². The second-order valence-electron chi connectivity index (χ2n) is 5.05. The van der Waals surface area contributed by atoms with Crippen molar-refractivity contribution < 1.29 is 13.5 Å². The molecule has 112 valence electrons. The van der Waals surface area contributed by atoms with Crippen molar-refractivity contribution in [2.24, 2.45) is 0 Å². The molecule has 20 heavy (non-hydrogen) atoms. The van der Waals surface area contributed by atoms with E-state index in [1.165, 1.54) is 0 Å². The number of nitrogens with one attached hydrogen (secondary N) is 1. The minimum absolute atomic E-state index is 0.0113. The molecule has 0 radical (unpaired) electrons. The van der Waals surface area contributed by atoms with E-state index in [1.807, 2.05) is 0 Å². The van der Waals surface area contributed by atoms with Crippen molar-refractivity contribution in [2.75, 3.05) is 25.5 Å². The summed E-state index contributed by atoms with van der Waals surface area (Å²) >= 11 is 0. The van der Waals surface area contributed by atoms with Gasteiger partial charge in [-0.25, -0.2) is 8.42 Å². The summed E-state index contributed by atoms with van der Waals surface area (Å²) in [5.74, 6) is 0. The number of hydrogen-bond acceptors (Lipinski definition) is 4. The van der Waals surface area contributed by atoms with E-state index in [0.717, 1.165) is 24.9 Å². The third-order valence-corrected chi connectivity index (χ3v) is 5.73. The molecular formula is C14H22N2O3S. The van der Waals surface area contributed by atoms with Gasteiger partial charge in [-0.3, -0.25) is 0 Å². The van der Waals surface area contributed by atoms with E-state index in [1.54, 1.807) is 35.6 Å². The maximum atomic E-state index is 12.7. The lowest BCUT2D eigenvalue weighted by Gasteiger charge is -2.36. The molecule has 0 unspecified atom stereocenters. The molecule has 0 atom stereocenters. The lowest BCUT2D eigenvalue weighted by molar-refractivity contribution is 0.198. The summed E-state index contributed by atoms with van der Waals surface area (Å²) in [6.07, 6.45) is 3.39. The number of benzene rings is 1. The van der Waals surface area contributed by atoms with Gasteiger partial charge in [-0.15, -0.1) is 0 Å². The van der Waals surface area contributed by atoms with E-state index in [0.29, 0.717) is 17.9 Å². The second kappa shape index (κ2) is 6.56. The summed E-state index contributed by atoms with van der Waals surface area (Å²) in [5, 5.41) is 11.9. The van der Waals surface area contributed by atoms with E-state index < -0.39 is 10.0 Å². The van der Waals surface area contributed by atoms with Gasteiger partial charge in [0, 0.05) is 31.9 Å². The van der Waals surface area contributed by atoms with Gasteiger partial charge < -0.3 is 10.4 Å². The van der Waals surface area contributed by atoms with Crippen LogP contribution in [0, 0.1) is 0 Å². The Morgan fingerprint density at radius 1 is 1.30 bits per heavy atom. The summed E-state index contributed by atoms with van der Waals surface area (Å²) in [4.78, 5) is 0.321. The molecule has 0 aromatic heterocycles. The molecular weight excluding hydrogens is 276 g/mol. The molecule has 1 saturated carbocycles. The van der Waals surface area contributed by atoms with Gasteiger partial charge in [0.1, 0.15) is 0 Å². The summed E-state index contributed by atoms with van der Waals surface area (Å²) < 4.78 is 26.9. The van der Waals surface area contributed by atoms with Crippen LogP contribution in [0.25, 0.3) is 0 Å². The third kappa shape index (κ3) is 3.13. The zero-order valence-electron chi connectivity index (χ0n) is 11.7. The predicted molar refractivity (Wildman–Crippen MR) is 79.2 cm³/mol. The van der Waals surface area contributed by atoms with Crippen LogP contribution >= 0.6 is 0 Å². The molecule has 1 aromatic rings. The summed E-state index contributed by atoms with van der Waals surface area (Å²) in [5.41, 5.74) is 0.884. The Labute approximate surface area is 120 Å². The summed E-state index contributed by atoms with van der Waals surface area (Å²) in [6, 6.07) is 6.88. The average molecular weight is 298 g/mol. The molecule has 1 aromatic carbocycles. The molecule has 2 rings (SSSR count). The van der Waals surface area contributed by atoms with Gasteiger partial charge in [-0.2, -0.15) is 4.31 Å². The zero-order valence-corrected chi connectivity index (χ0v) is 12.6. The van der Waals surface area contributed by atoms with Gasteiger partial charge in [-0.05, 0) is 43.5 Å². The fourth-order valence-electron chi connectivity index (χ4n) is 2.33. The lowest BCUT2D eigenvalue weighted by Crippen LogP contribution is -2.44. The topological polar surface area (TPSA) is 69.6 Å². The van der Waals surface area contributed by atoms with E-state index in [9.17, 15) is 8.42 Å². The third-order valence-electron chi connectivity index (χ3n) is 3.77. The van der Waals surface area contributed by atoms with E-state index in [-0.39, 0.29) is 12.6 Å². The van der Waals surface area contributed by atoms with Crippen molar-refractivity contribution in [1.29, 1.82) is 0 Å². The highest BCUT2D eigenvalue weighted by atomic mass is 32.2. The second-order valence-corrected chi connectivity index (χ2v) is 6.94. The van der Waals surface area contributed by atoms with Crippen molar-refractivity contribution in [3.8, 4) is 0 Å². The van der Waals surface area contributed by atoms with Crippen LogP contribution in [-0.2, 0) is 10.0 Å². The molecule has 1 aliphatic rings. The molecule has 0 saturated heterocycles. The maximum absolute atomic E-state index is 12.7. The first kappa shape index (κ1) is 15.3. The Kier molecular flexibility index (Phi) is 5.01. The minimum atomic E-state index is -3.46. The van der Waals surface area contributed by atoms with Gasteiger partial charge in [0.25, 0.3) is 0 Å². The van der Waals surface area contributed by atoms with Gasteiger partial charge >= 0.3 is 0 Å². The van der Waals surface area contributed by atoms with Crippen molar-refractivity contribution in [2.45, 2.75) is 36.6 Å². The van der Waals surface area contributed by atoms with E-state index >= 15 is 0 Å². The fraction of sp³-hybridized carbons (Fsp3) is 0.571. The molecule has 1 fully saturated rings. The smallest absolute Gasteiger partial charge is 0.243 e. The number of aliphatic hydroxyl groups is 1. The lowest BCUT2D eigenvalue weighted by atomic mass is 9.93. The van der Waals surface area contributed by atoms with E-state index in [2.05, 4.69) is 5.32 Å². The van der Waals surface area contributed by atoms with Crippen LogP contribution in [0.4, 0.5) is 5.69 Å². The summed E-state index contributed by atoms with van der Waals surface area (Å²) in [7, 11) is -1.67. The van der Waals surface area contributed by atoms with Gasteiger partial charge in [0.05, 0.1) is 4.90 Å². The van der Waals surface area contributed by atoms with Crippen LogP contribution in [0.5, 0.6) is 0 Å². The molecule has 0 bridgehead atoms. The predicted octanol–water partition coefficient (Wildman–Crippen LogP) is 1.65. The largest absolute Gasteiger partial charge is 0.396 e. The number of anilines is 1. The Bertz CT molecular complexity index is 524. The standard InChI is InChI=1S/C14H22N2O3S/c1-15-12-6-8-14(9-7-12)20(18,19)16(10-3-11-17)13-4-2-5-13/h6-9,13,15,17H,2-5,10-11H2,1H3. The number of sulfonamides is 1. The first-order valence-electron chi connectivity index (χ1n) is 7.00. The highest BCUT2D eigenvalue weighted by Gasteiger charge is 2.34. The van der Waals surface area contributed by atoms with Gasteiger partial charge in [0.15, 0.2) is 0 Å². The highest BCUT2D eigenvalue weighted by molar-refractivity contribution is 7.89. The number of nitrogens with zero attached hydrogens (tertiary/aromatic N) is 1. The number of rotatable bonds is 7. The monoisotopic (exact) mass is 298 g/mol. The molecule has 5 nitrogen and oxygen atoms in total. The first-order chi connectivity index (χ1) is 9.59. The van der Waals surface area contributed by atoms with Crippen LogP contribution in [0.1, 0.15) is 25.7 Å². The zero-order chi connectivity index (χ0) is 14.6. The SMILES string of the molecule is CNc1ccc(S(=O)(=O)N(CCCO)C2CCC2)cc1. The minimum Gasteiger partial charge on any atom is -0.396 e. The van der Waals surface area contributed by atoms with Crippen molar-refractivity contribution in [3.63, 3.8) is 0 Å². The quantitative estimate of drug-likeness (QED) is 0.803. The molecule has 0 aliphatic heterocycles. The molecule has 0 spiro atoms. The van der Waals surface area contributed by atoms with Crippen LogP contribution in [0.3, 0.4) is 0 Å². The molecule has 2 N–H and O–H groups in total. The maximum Gasteiger partial charge on any atom is 0.243 e. The van der Waals surface area contributed by atoms with Gasteiger partial charge in [-0.1, -0.05) is 6.42 Å². The van der Waals surface area contributed by atoms with Crippen LogP contribution in [-0.4, -0.2) is 44.1 Å². The first-order valence-corrected chi connectivity index (χ1v) is 8.44. The Morgan fingerprint density at radius 2 is 1.95 bits per heavy atom. The molecule has 1 aliphatic carbocycles. The van der Waals surface area contributed by atoms with Crippen molar-refractivity contribution in [1.82, 2.24) is 4.31 Å². The van der Waals surface area contributed by atoms with Crippen molar-refractivity contribution in [3.05, 3.63) is 24.3 Å². The van der Waals surface area contributed by atoms with E-state index in [4.69, 9.17) is 5.11 Å².